The summed E-state index contributed by atoms with van der Waals surface area (Å²) in [5.41, 5.74) is 0.755. The molecule has 2 aliphatic rings. The molecule has 1 aromatic rings. The zero-order valence-electron chi connectivity index (χ0n) is 14.3. The zero-order valence-corrected chi connectivity index (χ0v) is 14.3. The van der Waals surface area contributed by atoms with E-state index in [1.807, 2.05) is 29.2 Å². The monoisotopic (exact) mass is 316 g/mol. The van der Waals surface area contributed by atoms with E-state index in [2.05, 4.69) is 11.8 Å². The smallest absolute Gasteiger partial charge is 0.253 e. The standard InChI is InChI=1S/C19H28N2O2/c1-15-5-3-4-6-18(15)20-11-13-21(14-12-20)19(22)16-7-9-17(23-2)10-8-16/h7-10,15,18H,3-6,11-14H2,1-2H3/t15-,18-/m0/s1. The summed E-state index contributed by atoms with van der Waals surface area (Å²) in [6, 6.07) is 8.15. The van der Waals surface area contributed by atoms with Gasteiger partial charge in [-0.15, -0.1) is 0 Å². The van der Waals surface area contributed by atoms with Crippen LogP contribution in [0.1, 0.15) is 43.0 Å². The third kappa shape index (κ3) is 3.69. The van der Waals surface area contributed by atoms with Crippen LogP contribution in [-0.2, 0) is 0 Å². The van der Waals surface area contributed by atoms with Crippen LogP contribution in [0.3, 0.4) is 0 Å². The molecule has 1 aromatic carbocycles. The SMILES string of the molecule is COc1ccc(C(=O)N2CCN([C@H]3CCCC[C@@H]3C)CC2)cc1. The number of amides is 1. The number of piperazine rings is 1. The molecule has 0 unspecified atom stereocenters. The number of ether oxygens (including phenoxy) is 1. The molecule has 23 heavy (non-hydrogen) atoms. The van der Waals surface area contributed by atoms with Gasteiger partial charge in [-0.05, 0) is 43.0 Å². The van der Waals surface area contributed by atoms with Gasteiger partial charge in [-0.1, -0.05) is 19.8 Å². The molecule has 1 saturated heterocycles. The quantitative estimate of drug-likeness (QED) is 0.859. The molecule has 4 heteroatoms. The Morgan fingerprint density at radius 2 is 1.70 bits per heavy atom. The van der Waals surface area contributed by atoms with E-state index in [1.165, 1.54) is 25.7 Å². The fraction of sp³-hybridized carbons (Fsp3) is 0.632. The first-order valence-electron chi connectivity index (χ1n) is 8.86. The van der Waals surface area contributed by atoms with Crippen molar-refractivity contribution in [3.05, 3.63) is 29.8 Å². The molecule has 3 rings (SSSR count). The van der Waals surface area contributed by atoms with Crippen LogP contribution >= 0.6 is 0 Å². The minimum absolute atomic E-state index is 0.143. The van der Waals surface area contributed by atoms with Gasteiger partial charge in [0.25, 0.3) is 5.91 Å². The number of methoxy groups -OCH3 is 1. The highest BCUT2D eigenvalue weighted by Crippen LogP contribution is 2.28. The van der Waals surface area contributed by atoms with Crippen molar-refractivity contribution in [1.82, 2.24) is 9.80 Å². The Labute approximate surface area is 139 Å². The average molecular weight is 316 g/mol. The number of carbonyl (C=O) groups is 1. The molecule has 2 atom stereocenters. The molecule has 126 valence electrons. The molecule has 1 aliphatic heterocycles. The number of carbonyl (C=O) groups excluding carboxylic acids is 1. The lowest BCUT2D eigenvalue weighted by Crippen LogP contribution is -2.53. The van der Waals surface area contributed by atoms with Gasteiger partial charge in [-0.2, -0.15) is 0 Å². The van der Waals surface area contributed by atoms with Gasteiger partial charge in [-0.25, -0.2) is 0 Å². The zero-order chi connectivity index (χ0) is 16.2. The molecule has 4 nitrogen and oxygen atoms in total. The van der Waals surface area contributed by atoms with Crippen LogP contribution in [0.15, 0.2) is 24.3 Å². The maximum atomic E-state index is 12.6. The van der Waals surface area contributed by atoms with Gasteiger partial charge >= 0.3 is 0 Å². The fourth-order valence-corrected chi connectivity index (χ4v) is 4.01. The van der Waals surface area contributed by atoms with Crippen molar-refractivity contribution < 1.29 is 9.53 Å². The van der Waals surface area contributed by atoms with Gasteiger partial charge in [0, 0.05) is 37.8 Å². The molecule has 0 spiro atoms. The summed E-state index contributed by atoms with van der Waals surface area (Å²) in [5, 5.41) is 0. The van der Waals surface area contributed by atoms with Gasteiger partial charge in [-0.3, -0.25) is 9.69 Å². The van der Waals surface area contributed by atoms with E-state index < -0.39 is 0 Å². The van der Waals surface area contributed by atoms with E-state index in [0.29, 0.717) is 0 Å². The number of benzene rings is 1. The topological polar surface area (TPSA) is 32.8 Å². The van der Waals surface area contributed by atoms with Crippen LogP contribution in [0.25, 0.3) is 0 Å². The number of rotatable bonds is 3. The predicted octanol–water partition coefficient (Wildman–Crippen LogP) is 3.03. The maximum absolute atomic E-state index is 12.6. The first-order valence-corrected chi connectivity index (χ1v) is 8.86. The van der Waals surface area contributed by atoms with Crippen LogP contribution in [0.5, 0.6) is 5.75 Å². The Kier molecular flexibility index (Phi) is 5.21. The summed E-state index contributed by atoms with van der Waals surface area (Å²) >= 11 is 0. The summed E-state index contributed by atoms with van der Waals surface area (Å²) < 4.78 is 5.15. The Balaban J connectivity index is 1.56. The Bertz CT molecular complexity index is 521. The molecule has 1 aliphatic carbocycles. The molecule has 2 fully saturated rings. The van der Waals surface area contributed by atoms with Crippen molar-refractivity contribution in [2.75, 3.05) is 33.3 Å². The van der Waals surface area contributed by atoms with Gasteiger partial charge in [0.2, 0.25) is 0 Å². The van der Waals surface area contributed by atoms with E-state index in [0.717, 1.165) is 49.5 Å². The number of hydrogen-bond acceptors (Lipinski definition) is 3. The fourth-order valence-electron chi connectivity index (χ4n) is 4.01. The van der Waals surface area contributed by atoms with Gasteiger partial charge in [0.15, 0.2) is 0 Å². The van der Waals surface area contributed by atoms with Crippen LogP contribution in [0.2, 0.25) is 0 Å². The van der Waals surface area contributed by atoms with Gasteiger partial charge in [0.1, 0.15) is 5.75 Å². The Hall–Kier alpha value is -1.55. The van der Waals surface area contributed by atoms with Crippen molar-refractivity contribution in [2.24, 2.45) is 5.92 Å². The van der Waals surface area contributed by atoms with E-state index in [-0.39, 0.29) is 5.91 Å². The van der Waals surface area contributed by atoms with Crippen molar-refractivity contribution in [3.8, 4) is 5.75 Å². The molecule has 0 radical (unpaired) electrons. The lowest BCUT2D eigenvalue weighted by molar-refractivity contribution is 0.0423. The number of nitrogens with zero attached hydrogens (tertiary/aromatic N) is 2. The lowest BCUT2D eigenvalue weighted by Gasteiger charge is -2.43. The third-order valence-corrected chi connectivity index (χ3v) is 5.47. The van der Waals surface area contributed by atoms with Crippen molar-refractivity contribution in [1.29, 1.82) is 0 Å². The van der Waals surface area contributed by atoms with Crippen molar-refractivity contribution >= 4 is 5.91 Å². The van der Waals surface area contributed by atoms with E-state index in [9.17, 15) is 4.79 Å². The molecule has 1 heterocycles. The molecular weight excluding hydrogens is 288 g/mol. The highest BCUT2D eigenvalue weighted by Gasteiger charge is 2.30. The van der Waals surface area contributed by atoms with Crippen LogP contribution in [0.4, 0.5) is 0 Å². The largest absolute Gasteiger partial charge is 0.497 e. The second kappa shape index (κ2) is 7.35. The second-order valence-corrected chi connectivity index (χ2v) is 6.89. The highest BCUT2D eigenvalue weighted by atomic mass is 16.5. The first kappa shape index (κ1) is 16.3. The second-order valence-electron chi connectivity index (χ2n) is 6.89. The van der Waals surface area contributed by atoms with Gasteiger partial charge in [0.05, 0.1) is 7.11 Å². The molecule has 0 aromatic heterocycles. The summed E-state index contributed by atoms with van der Waals surface area (Å²) in [6.45, 7) is 6.09. The summed E-state index contributed by atoms with van der Waals surface area (Å²) in [5.74, 6) is 1.73. The lowest BCUT2D eigenvalue weighted by atomic mass is 9.84. The van der Waals surface area contributed by atoms with E-state index in [4.69, 9.17) is 4.74 Å². The van der Waals surface area contributed by atoms with Crippen LogP contribution in [-0.4, -0.2) is 55.0 Å². The average Bonchev–Trinajstić information content (AvgIpc) is 2.62. The van der Waals surface area contributed by atoms with Crippen molar-refractivity contribution in [3.63, 3.8) is 0 Å². The minimum Gasteiger partial charge on any atom is -0.497 e. The number of hydrogen-bond donors (Lipinski definition) is 0. The molecule has 1 amide bonds. The maximum Gasteiger partial charge on any atom is 0.253 e. The molecule has 0 bridgehead atoms. The van der Waals surface area contributed by atoms with Gasteiger partial charge < -0.3 is 9.64 Å². The Morgan fingerprint density at radius 1 is 1.04 bits per heavy atom. The minimum atomic E-state index is 0.143. The molecule has 0 N–H and O–H groups in total. The summed E-state index contributed by atoms with van der Waals surface area (Å²) in [4.78, 5) is 17.2. The third-order valence-electron chi connectivity index (χ3n) is 5.47. The van der Waals surface area contributed by atoms with E-state index in [1.54, 1.807) is 7.11 Å². The summed E-state index contributed by atoms with van der Waals surface area (Å²) in [7, 11) is 1.64. The predicted molar refractivity (Wildman–Crippen MR) is 91.9 cm³/mol. The summed E-state index contributed by atoms with van der Waals surface area (Å²) in [6.07, 6.45) is 5.43. The van der Waals surface area contributed by atoms with Crippen LogP contribution < -0.4 is 4.74 Å². The normalized spacial score (nSPS) is 26.1. The van der Waals surface area contributed by atoms with Crippen molar-refractivity contribution in [2.45, 2.75) is 38.6 Å². The first-order chi connectivity index (χ1) is 11.2. The van der Waals surface area contributed by atoms with E-state index >= 15 is 0 Å². The molecular formula is C19H28N2O2. The Morgan fingerprint density at radius 3 is 2.30 bits per heavy atom. The molecule has 1 saturated carbocycles. The van der Waals surface area contributed by atoms with Crippen LogP contribution in [0, 0.1) is 5.92 Å². The highest BCUT2D eigenvalue weighted by molar-refractivity contribution is 5.94.